The molecule has 2 amide bonds. The molecule has 3 rings (SSSR count). The Labute approximate surface area is 146 Å². The van der Waals surface area contributed by atoms with Gasteiger partial charge in [-0.15, -0.1) is 11.3 Å². The number of thiazole rings is 1. The molecule has 0 radical (unpaired) electrons. The number of carbonyl (C=O) groups is 2. The van der Waals surface area contributed by atoms with Gasteiger partial charge in [0.05, 0.1) is 17.0 Å². The Balaban J connectivity index is 1.71. The normalized spacial score (nSPS) is 24.4. The topological polar surface area (TPSA) is 73.7 Å². The average Bonchev–Trinajstić information content (AvgIpc) is 3.20. The van der Waals surface area contributed by atoms with Gasteiger partial charge in [-0.25, -0.2) is 4.98 Å². The van der Waals surface area contributed by atoms with E-state index in [1.807, 2.05) is 5.38 Å². The van der Waals surface area contributed by atoms with Crippen molar-refractivity contribution in [2.45, 2.75) is 39.0 Å². The van der Waals surface area contributed by atoms with Gasteiger partial charge >= 0.3 is 0 Å². The number of rotatable bonds is 4. The van der Waals surface area contributed by atoms with Gasteiger partial charge in [0, 0.05) is 37.5 Å². The summed E-state index contributed by atoms with van der Waals surface area (Å²) in [6, 6.07) is 0. The van der Waals surface area contributed by atoms with Gasteiger partial charge < -0.3 is 14.9 Å². The lowest BCUT2D eigenvalue weighted by Crippen LogP contribution is -2.51. The number of β-amino-alcohol motifs (C(OH)–C–C–N with tert-alkyl or cyclic N) is 1. The van der Waals surface area contributed by atoms with E-state index >= 15 is 0 Å². The van der Waals surface area contributed by atoms with Crippen LogP contribution in [0.5, 0.6) is 0 Å². The third-order valence-corrected chi connectivity index (χ3v) is 6.22. The second-order valence-electron chi connectivity index (χ2n) is 7.10. The summed E-state index contributed by atoms with van der Waals surface area (Å²) in [6.45, 7) is 6.29. The van der Waals surface area contributed by atoms with Gasteiger partial charge in [-0.05, 0) is 19.3 Å². The number of aromatic nitrogens is 1. The smallest absolute Gasteiger partial charge is 0.273 e. The molecule has 2 saturated heterocycles. The van der Waals surface area contributed by atoms with E-state index < -0.39 is 5.41 Å². The van der Waals surface area contributed by atoms with E-state index in [9.17, 15) is 9.59 Å². The highest BCUT2D eigenvalue weighted by atomic mass is 32.1. The molecule has 6 nitrogen and oxygen atoms in total. The lowest BCUT2D eigenvalue weighted by molar-refractivity contribution is -0.146. The van der Waals surface area contributed by atoms with Crippen LogP contribution in [0, 0.1) is 5.41 Å². The molecular weight excluding hydrogens is 326 g/mol. The number of hydrogen-bond acceptors (Lipinski definition) is 5. The van der Waals surface area contributed by atoms with Crippen LogP contribution >= 0.6 is 11.3 Å². The zero-order valence-electron chi connectivity index (χ0n) is 14.3. The minimum atomic E-state index is -0.458. The number of amides is 2. The van der Waals surface area contributed by atoms with Crippen molar-refractivity contribution in [3.05, 3.63) is 16.1 Å². The number of nitrogens with zero attached hydrogens (tertiary/aromatic N) is 3. The van der Waals surface area contributed by atoms with E-state index in [2.05, 4.69) is 18.8 Å². The summed E-state index contributed by atoms with van der Waals surface area (Å²) in [5.41, 5.74) is 0.0381. The summed E-state index contributed by atoms with van der Waals surface area (Å²) in [7, 11) is 0. The van der Waals surface area contributed by atoms with E-state index in [1.54, 1.807) is 9.80 Å². The molecule has 7 heteroatoms. The van der Waals surface area contributed by atoms with Crippen molar-refractivity contribution < 1.29 is 14.7 Å². The zero-order chi connectivity index (χ0) is 17.3. The van der Waals surface area contributed by atoms with E-state index in [1.165, 1.54) is 11.3 Å². The van der Waals surface area contributed by atoms with Crippen LogP contribution in [-0.4, -0.2) is 64.5 Å². The maximum Gasteiger partial charge on any atom is 0.273 e. The van der Waals surface area contributed by atoms with E-state index in [-0.39, 0.29) is 18.4 Å². The first-order valence-corrected chi connectivity index (χ1v) is 9.50. The summed E-state index contributed by atoms with van der Waals surface area (Å²) in [6.07, 6.45) is 2.47. The summed E-state index contributed by atoms with van der Waals surface area (Å²) < 4.78 is 0. The van der Waals surface area contributed by atoms with Crippen molar-refractivity contribution in [2.75, 3.05) is 32.8 Å². The van der Waals surface area contributed by atoms with Crippen molar-refractivity contribution in [3.63, 3.8) is 0 Å². The van der Waals surface area contributed by atoms with Gasteiger partial charge in [0.2, 0.25) is 5.91 Å². The molecule has 1 atom stereocenters. The van der Waals surface area contributed by atoms with Crippen LogP contribution in [-0.2, 0) is 4.79 Å². The molecule has 2 fully saturated rings. The fourth-order valence-corrected chi connectivity index (χ4v) is 4.53. The highest BCUT2D eigenvalue weighted by molar-refractivity contribution is 7.09. The number of hydrogen-bond donors (Lipinski definition) is 1. The Hall–Kier alpha value is -1.47. The zero-order valence-corrected chi connectivity index (χ0v) is 15.1. The highest BCUT2D eigenvalue weighted by Gasteiger charge is 2.49. The molecule has 1 spiro atoms. The molecule has 132 valence electrons. The second kappa shape index (κ2) is 6.80. The van der Waals surface area contributed by atoms with E-state index in [4.69, 9.17) is 5.11 Å². The van der Waals surface area contributed by atoms with Crippen LogP contribution in [0.3, 0.4) is 0 Å². The Morgan fingerprint density at radius 2 is 2.21 bits per heavy atom. The highest BCUT2D eigenvalue weighted by Crippen LogP contribution is 2.40. The van der Waals surface area contributed by atoms with Gasteiger partial charge in [0.25, 0.3) is 5.91 Å². The third-order valence-electron chi connectivity index (χ3n) is 5.07. The third kappa shape index (κ3) is 3.07. The molecule has 0 bridgehead atoms. The molecule has 2 aliphatic rings. The monoisotopic (exact) mass is 351 g/mol. The largest absolute Gasteiger partial charge is 0.395 e. The molecule has 0 saturated carbocycles. The van der Waals surface area contributed by atoms with E-state index in [0.717, 1.165) is 17.8 Å². The number of likely N-dealkylation sites (tertiary alicyclic amines) is 2. The Bertz CT molecular complexity index is 628. The second-order valence-corrected chi connectivity index (χ2v) is 7.99. The first-order chi connectivity index (χ1) is 11.5. The molecule has 1 aromatic heterocycles. The molecule has 1 N–H and O–H groups in total. The van der Waals surface area contributed by atoms with Crippen molar-refractivity contribution in [1.29, 1.82) is 0 Å². The number of aliphatic hydroxyl groups is 1. The van der Waals surface area contributed by atoms with Crippen LogP contribution in [0.15, 0.2) is 5.38 Å². The standard InChI is InChI=1S/C17H25N3O3S/c1-12(2)14-18-13(10-24-14)15(22)20-7-5-17(11-20)4-3-6-19(8-9-21)16(17)23/h10,12,21H,3-9,11H2,1-2H3/t17-/m0/s1. The Morgan fingerprint density at radius 3 is 2.88 bits per heavy atom. The Morgan fingerprint density at radius 1 is 1.42 bits per heavy atom. The van der Waals surface area contributed by atoms with Gasteiger partial charge in [0.15, 0.2) is 0 Å². The Kier molecular flexibility index (Phi) is 4.92. The van der Waals surface area contributed by atoms with Crippen LogP contribution in [0.2, 0.25) is 0 Å². The first-order valence-electron chi connectivity index (χ1n) is 8.62. The van der Waals surface area contributed by atoms with Crippen molar-refractivity contribution in [3.8, 4) is 0 Å². The quantitative estimate of drug-likeness (QED) is 0.896. The van der Waals surface area contributed by atoms with E-state index in [0.29, 0.717) is 44.2 Å². The van der Waals surface area contributed by atoms with Crippen molar-refractivity contribution >= 4 is 23.2 Å². The molecule has 0 aliphatic carbocycles. The lowest BCUT2D eigenvalue weighted by atomic mass is 9.78. The molecule has 0 aromatic carbocycles. The van der Waals surface area contributed by atoms with Crippen LogP contribution in [0.1, 0.15) is 54.5 Å². The fourth-order valence-electron chi connectivity index (χ4n) is 3.72. The number of carbonyl (C=O) groups excluding carboxylic acids is 2. The van der Waals surface area contributed by atoms with Gasteiger partial charge in [0.1, 0.15) is 5.69 Å². The lowest BCUT2D eigenvalue weighted by Gasteiger charge is -2.39. The maximum atomic E-state index is 12.8. The molecule has 1 aromatic rings. The number of aliphatic hydroxyl groups excluding tert-OH is 1. The van der Waals surface area contributed by atoms with Crippen LogP contribution in [0.4, 0.5) is 0 Å². The summed E-state index contributed by atoms with van der Waals surface area (Å²) in [5, 5.41) is 11.9. The SMILES string of the molecule is CC(C)c1nc(C(=O)N2CC[C@@]3(CCCN(CCO)C3=O)C2)cs1. The predicted molar refractivity (Wildman–Crippen MR) is 92.1 cm³/mol. The first kappa shape index (κ1) is 17.4. The summed E-state index contributed by atoms with van der Waals surface area (Å²) in [4.78, 5) is 33.5. The van der Waals surface area contributed by atoms with Gasteiger partial charge in [-0.1, -0.05) is 13.8 Å². The summed E-state index contributed by atoms with van der Waals surface area (Å²) >= 11 is 1.52. The average molecular weight is 351 g/mol. The predicted octanol–water partition coefficient (Wildman–Crippen LogP) is 1.71. The maximum absolute atomic E-state index is 12.8. The van der Waals surface area contributed by atoms with Crippen LogP contribution < -0.4 is 0 Å². The molecule has 0 unspecified atom stereocenters. The van der Waals surface area contributed by atoms with Gasteiger partial charge in [-0.3, -0.25) is 9.59 Å². The number of piperidine rings is 1. The van der Waals surface area contributed by atoms with Crippen LogP contribution in [0.25, 0.3) is 0 Å². The minimum absolute atomic E-state index is 0.0126. The molecular formula is C17H25N3O3S. The minimum Gasteiger partial charge on any atom is -0.395 e. The fraction of sp³-hybridized carbons (Fsp3) is 0.706. The van der Waals surface area contributed by atoms with Gasteiger partial charge in [-0.2, -0.15) is 0 Å². The van der Waals surface area contributed by atoms with Crippen molar-refractivity contribution in [2.24, 2.45) is 5.41 Å². The molecule has 3 heterocycles. The summed E-state index contributed by atoms with van der Waals surface area (Å²) in [5.74, 6) is 0.342. The van der Waals surface area contributed by atoms with Crippen molar-refractivity contribution in [1.82, 2.24) is 14.8 Å². The molecule has 24 heavy (non-hydrogen) atoms. The molecule has 2 aliphatic heterocycles.